The molecular formula is C28H30N4O3. The molecule has 0 unspecified atom stereocenters. The smallest absolute Gasteiger partial charge is 0.337 e. The predicted molar refractivity (Wildman–Crippen MR) is 140 cm³/mol. The standard InChI is InChI=1S/C28H30N4O3/c1-32(2)16-15-29-18-19-9-12-22(13-10-19)30-26(20-7-5-4-6-8-20)25-23-14-11-21(28(34)35-3)17-24(23)31-27(25)33/h4-14,17,29,31,33H,15-16,18H2,1-3H3. The third-order valence-corrected chi connectivity index (χ3v) is 5.73. The zero-order chi connectivity index (χ0) is 24.8. The van der Waals surface area contributed by atoms with Crippen molar-refractivity contribution < 1.29 is 14.6 Å². The zero-order valence-electron chi connectivity index (χ0n) is 20.2. The highest BCUT2D eigenvalue weighted by molar-refractivity contribution is 6.22. The Morgan fingerprint density at radius 1 is 1.03 bits per heavy atom. The SMILES string of the molecule is COC(=O)c1ccc2c(C(=Nc3ccc(CNCCN(C)C)cc3)c3ccccc3)c(O)[nH]c2c1. The normalized spacial score (nSPS) is 11.8. The fraction of sp³-hybridized carbons (Fsp3) is 0.214. The molecule has 0 amide bonds. The van der Waals surface area contributed by atoms with E-state index in [9.17, 15) is 9.90 Å². The highest BCUT2D eigenvalue weighted by Gasteiger charge is 2.20. The molecule has 3 aromatic carbocycles. The number of nitrogens with zero attached hydrogens (tertiary/aromatic N) is 2. The number of aromatic hydroxyl groups is 1. The Balaban J connectivity index is 1.70. The van der Waals surface area contributed by atoms with Crippen molar-refractivity contribution in [1.82, 2.24) is 15.2 Å². The second kappa shape index (κ2) is 11.0. The van der Waals surface area contributed by atoms with Crippen molar-refractivity contribution in [2.45, 2.75) is 6.54 Å². The maximum atomic E-state index is 12.0. The van der Waals surface area contributed by atoms with Gasteiger partial charge >= 0.3 is 5.97 Å². The van der Waals surface area contributed by atoms with Crippen LogP contribution in [-0.2, 0) is 11.3 Å². The van der Waals surface area contributed by atoms with Crippen molar-refractivity contribution in [1.29, 1.82) is 0 Å². The van der Waals surface area contributed by atoms with Crippen LogP contribution in [0.25, 0.3) is 10.9 Å². The fourth-order valence-corrected chi connectivity index (χ4v) is 3.88. The number of aromatic amines is 1. The number of nitrogens with one attached hydrogen (secondary N) is 2. The molecule has 7 heteroatoms. The van der Waals surface area contributed by atoms with E-state index in [0.29, 0.717) is 22.4 Å². The molecule has 4 rings (SSSR count). The van der Waals surface area contributed by atoms with Crippen LogP contribution in [0.15, 0.2) is 77.8 Å². The number of fused-ring (bicyclic) bond motifs is 1. The first-order valence-electron chi connectivity index (χ1n) is 11.5. The molecule has 0 fully saturated rings. The molecule has 0 bridgehead atoms. The summed E-state index contributed by atoms with van der Waals surface area (Å²) >= 11 is 0. The number of likely N-dealkylation sites (N-methyl/N-ethyl adjacent to an activating group) is 1. The summed E-state index contributed by atoms with van der Waals surface area (Å²) in [6.45, 7) is 2.69. The number of H-pyrrole nitrogens is 1. The average Bonchev–Trinajstić information content (AvgIpc) is 3.20. The number of rotatable bonds is 9. The molecule has 1 aromatic heterocycles. The van der Waals surface area contributed by atoms with Crippen LogP contribution >= 0.6 is 0 Å². The molecule has 4 aromatic rings. The number of aliphatic imine (C=N–C) groups is 1. The number of hydrogen-bond donors (Lipinski definition) is 3. The van der Waals surface area contributed by atoms with E-state index in [2.05, 4.69) is 41.4 Å². The molecule has 0 aliphatic carbocycles. The lowest BCUT2D eigenvalue weighted by Gasteiger charge is -2.11. The van der Waals surface area contributed by atoms with Crippen molar-refractivity contribution in [2.24, 2.45) is 4.99 Å². The van der Waals surface area contributed by atoms with Gasteiger partial charge in [-0.15, -0.1) is 0 Å². The van der Waals surface area contributed by atoms with Gasteiger partial charge in [-0.2, -0.15) is 0 Å². The summed E-state index contributed by atoms with van der Waals surface area (Å²) in [6, 6.07) is 23.0. The molecule has 3 N–H and O–H groups in total. The Morgan fingerprint density at radius 2 is 1.77 bits per heavy atom. The van der Waals surface area contributed by atoms with Crippen molar-refractivity contribution in [3.8, 4) is 5.88 Å². The van der Waals surface area contributed by atoms with E-state index in [-0.39, 0.29) is 5.88 Å². The summed E-state index contributed by atoms with van der Waals surface area (Å²) in [6.07, 6.45) is 0. The molecule has 0 radical (unpaired) electrons. The van der Waals surface area contributed by atoms with Gasteiger partial charge in [-0.3, -0.25) is 0 Å². The van der Waals surface area contributed by atoms with Crippen LogP contribution in [-0.4, -0.2) is 61.0 Å². The van der Waals surface area contributed by atoms with E-state index in [0.717, 1.165) is 36.3 Å². The molecule has 180 valence electrons. The maximum Gasteiger partial charge on any atom is 0.337 e. The van der Waals surface area contributed by atoms with Crippen molar-refractivity contribution in [2.75, 3.05) is 34.3 Å². The number of carbonyl (C=O) groups excluding carboxylic acids is 1. The molecule has 0 aliphatic heterocycles. The van der Waals surface area contributed by atoms with Gasteiger partial charge in [0, 0.05) is 36.1 Å². The quantitative estimate of drug-likeness (QED) is 0.191. The second-order valence-electron chi connectivity index (χ2n) is 8.57. The fourth-order valence-electron chi connectivity index (χ4n) is 3.88. The van der Waals surface area contributed by atoms with Gasteiger partial charge in [-0.05, 0) is 43.9 Å². The predicted octanol–water partition coefficient (Wildman–Crippen LogP) is 4.48. The molecule has 0 saturated heterocycles. The third kappa shape index (κ3) is 5.77. The van der Waals surface area contributed by atoms with Gasteiger partial charge in [0.25, 0.3) is 0 Å². The van der Waals surface area contributed by atoms with E-state index in [4.69, 9.17) is 9.73 Å². The largest absolute Gasteiger partial charge is 0.494 e. The van der Waals surface area contributed by atoms with Gasteiger partial charge in [-0.25, -0.2) is 9.79 Å². The van der Waals surface area contributed by atoms with Crippen LogP contribution in [0.2, 0.25) is 0 Å². The van der Waals surface area contributed by atoms with Crippen LogP contribution in [0.5, 0.6) is 5.88 Å². The Morgan fingerprint density at radius 3 is 2.46 bits per heavy atom. The van der Waals surface area contributed by atoms with Gasteiger partial charge in [-0.1, -0.05) is 48.5 Å². The number of ether oxygens (including phenoxy) is 1. The van der Waals surface area contributed by atoms with E-state index in [1.165, 1.54) is 12.7 Å². The lowest BCUT2D eigenvalue weighted by atomic mass is 10.00. The average molecular weight is 471 g/mol. The Kier molecular flexibility index (Phi) is 7.60. The summed E-state index contributed by atoms with van der Waals surface area (Å²) < 4.78 is 4.82. The molecule has 0 saturated carbocycles. The first kappa shape index (κ1) is 24.2. The van der Waals surface area contributed by atoms with Crippen molar-refractivity contribution >= 4 is 28.3 Å². The Hall–Kier alpha value is -3.94. The topological polar surface area (TPSA) is 89.9 Å². The number of hydrogen-bond acceptors (Lipinski definition) is 6. The minimum absolute atomic E-state index is 0.00803. The Labute approximate surface area is 205 Å². The molecule has 35 heavy (non-hydrogen) atoms. The molecule has 0 aliphatic rings. The van der Waals surface area contributed by atoms with Crippen LogP contribution in [0, 0.1) is 0 Å². The van der Waals surface area contributed by atoms with E-state index < -0.39 is 5.97 Å². The minimum Gasteiger partial charge on any atom is -0.494 e. The van der Waals surface area contributed by atoms with E-state index in [1.54, 1.807) is 18.2 Å². The zero-order valence-corrected chi connectivity index (χ0v) is 20.2. The number of methoxy groups -OCH3 is 1. The maximum absolute atomic E-state index is 12.0. The highest BCUT2D eigenvalue weighted by Crippen LogP contribution is 2.32. The van der Waals surface area contributed by atoms with Gasteiger partial charge < -0.3 is 25.0 Å². The van der Waals surface area contributed by atoms with Crippen LogP contribution in [0.1, 0.15) is 27.0 Å². The molecule has 1 heterocycles. The lowest BCUT2D eigenvalue weighted by molar-refractivity contribution is 0.0601. The van der Waals surface area contributed by atoms with E-state index >= 15 is 0 Å². The summed E-state index contributed by atoms with van der Waals surface area (Å²) in [7, 11) is 5.46. The van der Waals surface area contributed by atoms with Crippen LogP contribution < -0.4 is 5.32 Å². The van der Waals surface area contributed by atoms with E-state index in [1.807, 2.05) is 42.5 Å². The molecular weight excluding hydrogens is 440 g/mol. The van der Waals surface area contributed by atoms with Crippen LogP contribution in [0.4, 0.5) is 5.69 Å². The highest BCUT2D eigenvalue weighted by atomic mass is 16.5. The number of benzene rings is 3. The second-order valence-corrected chi connectivity index (χ2v) is 8.57. The first-order valence-corrected chi connectivity index (χ1v) is 11.5. The van der Waals surface area contributed by atoms with Crippen LogP contribution in [0.3, 0.4) is 0 Å². The minimum atomic E-state index is -0.434. The summed E-state index contributed by atoms with van der Waals surface area (Å²) in [5, 5.41) is 15.1. The van der Waals surface area contributed by atoms with Crippen molar-refractivity contribution in [3.05, 3.63) is 95.1 Å². The van der Waals surface area contributed by atoms with Gasteiger partial charge in [0.05, 0.1) is 29.6 Å². The molecule has 0 atom stereocenters. The summed E-state index contributed by atoms with van der Waals surface area (Å²) in [5.41, 5.74) is 5.07. The first-order chi connectivity index (χ1) is 17.0. The van der Waals surface area contributed by atoms with Gasteiger partial charge in [0.15, 0.2) is 5.88 Å². The van der Waals surface area contributed by atoms with Gasteiger partial charge in [0.1, 0.15) is 0 Å². The number of carbonyl (C=O) groups is 1. The summed E-state index contributed by atoms with van der Waals surface area (Å²) in [5.74, 6) is -0.442. The Bertz CT molecular complexity index is 1330. The summed E-state index contributed by atoms with van der Waals surface area (Å²) in [4.78, 5) is 22.0. The molecule has 7 nitrogen and oxygen atoms in total. The van der Waals surface area contributed by atoms with Gasteiger partial charge in [0.2, 0.25) is 0 Å². The number of aromatic nitrogens is 1. The lowest BCUT2D eigenvalue weighted by Crippen LogP contribution is -2.26. The molecule has 0 spiro atoms. The number of esters is 1. The third-order valence-electron chi connectivity index (χ3n) is 5.73. The monoisotopic (exact) mass is 470 g/mol. The van der Waals surface area contributed by atoms with Crippen molar-refractivity contribution in [3.63, 3.8) is 0 Å².